The van der Waals surface area contributed by atoms with Gasteiger partial charge in [0.15, 0.2) is 0 Å². The highest BCUT2D eigenvalue weighted by atomic mass is 79.9. The number of halogens is 1. The molecule has 0 aliphatic rings. The van der Waals surface area contributed by atoms with Crippen LogP contribution in [0.4, 0.5) is 0 Å². The molecular formula is C7H8BrNO4S2. The van der Waals surface area contributed by atoms with Crippen molar-refractivity contribution in [2.24, 2.45) is 5.14 Å². The van der Waals surface area contributed by atoms with E-state index in [1.54, 1.807) is 6.92 Å². The molecule has 0 saturated heterocycles. The summed E-state index contributed by atoms with van der Waals surface area (Å²) in [5, 5.41) is 6.34. The van der Waals surface area contributed by atoms with Gasteiger partial charge in [-0.1, -0.05) is 0 Å². The minimum Gasteiger partial charge on any atom is -0.462 e. The molecule has 1 aromatic rings. The number of hydrogen-bond acceptors (Lipinski definition) is 5. The lowest BCUT2D eigenvalue weighted by Crippen LogP contribution is -2.11. The van der Waals surface area contributed by atoms with E-state index in [9.17, 15) is 13.2 Å². The Morgan fingerprint density at radius 1 is 1.67 bits per heavy atom. The summed E-state index contributed by atoms with van der Waals surface area (Å²) in [4.78, 5) is 11.3. The fourth-order valence-corrected chi connectivity index (χ4v) is 3.94. The van der Waals surface area contributed by atoms with Crippen molar-refractivity contribution in [3.63, 3.8) is 0 Å². The zero-order chi connectivity index (χ0) is 11.6. The van der Waals surface area contributed by atoms with Crippen LogP contribution in [-0.2, 0) is 14.8 Å². The van der Waals surface area contributed by atoms with Crippen LogP contribution in [0, 0.1) is 0 Å². The summed E-state index contributed by atoms with van der Waals surface area (Å²) in [7, 11) is -3.80. The van der Waals surface area contributed by atoms with E-state index in [-0.39, 0.29) is 20.9 Å². The van der Waals surface area contributed by atoms with Crippen molar-refractivity contribution in [1.29, 1.82) is 0 Å². The fraction of sp³-hybridized carbons (Fsp3) is 0.286. The molecule has 84 valence electrons. The normalized spacial score (nSPS) is 11.4. The molecule has 15 heavy (non-hydrogen) atoms. The van der Waals surface area contributed by atoms with Crippen molar-refractivity contribution in [3.8, 4) is 0 Å². The van der Waals surface area contributed by atoms with Gasteiger partial charge in [-0.2, -0.15) is 0 Å². The number of carbonyl (C=O) groups is 1. The molecule has 0 saturated carbocycles. The molecular weight excluding hydrogens is 306 g/mol. The number of ether oxygens (including phenoxy) is 1. The van der Waals surface area contributed by atoms with Gasteiger partial charge in [0.25, 0.3) is 0 Å². The van der Waals surface area contributed by atoms with E-state index >= 15 is 0 Å². The molecule has 0 atom stereocenters. The summed E-state index contributed by atoms with van der Waals surface area (Å²) < 4.78 is 26.9. The fourth-order valence-electron chi connectivity index (χ4n) is 0.864. The van der Waals surface area contributed by atoms with Crippen LogP contribution >= 0.6 is 27.3 Å². The molecule has 0 fully saturated rings. The highest BCUT2D eigenvalue weighted by molar-refractivity contribution is 9.10. The summed E-state index contributed by atoms with van der Waals surface area (Å²) in [6, 6.07) is 0. The highest BCUT2D eigenvalue weighted by Crippen LogP contribution is 2.31. The molecule has 8 heteroatoms. The van der Waals surface area contributed by atoms with Crippen molar-refractivity contribution in [3.05, 3.63) is 15.4 Å². The number of rotatable bonds is 3. The zero-order valence-electron chi connectivity index (χ0n) is 7.69. The molecule has 0 amide bonds. The second-order valence-electron chi connectivity index (χ2n) is 2.52. The molecule has 0 aliphatic carbocycles. The molecule has 2 N–H and O–H groups in total. The third kappa shape index (κ3) is 2.77. The van der Waals surface area contributed by atoms with E-state index in [0.29, 0.717) is 0 Å². The van der Waals surface area contributed by atoms with Crippen LogP contribution in [0.3, 0.4) is 0 Å². The van der Waals surface area contributed by atoms with Crippen molar-refractivity contribution in [2.75, 3.05) is 6.61 Å². The van der Waals surface area contributed by atoms with Crippen molar-refractivity contribution < 1.29 is 17.9 Å². The number of carbonyl (C=O) groups excluding carboxylic acids is 1. The topological polar surface area (TPSA) is 86.5 Å². The molecule has 0 unspecified atom stereocenters. The van der Waals surface area contributed by atoms with Crippen molar-refractivity contribution >= 4 is 43.3 Å². The van der Waals surface area contributed by atoms with Crippen molar-refractivity contribution in [2.45, 2.75) is 11.1 Å². The maximum atomic E-state index is 11.3. The van der Waals surface area contributed by atoms with E-state index in [1.807, 2.05) is 0 Å². The first-order valence-electron chi connectivity index (χ1n) is 3.84. The van der Waals surface area contributed by atoms with Gasteiger partial charge in [0.1, 0.15) is 4.21 Å². The maximum Gasteiger partial charge on any atom is 0.340 e. The lowest BCUT2D eigenvalue weighted by atomic mass is 10.3. The van der Waals surface area contributed by atoms with Crippen LogP contribution in [0.1, 0.15) is 17.3 Å². The van der Waals surface area contributed by atoms with Gasteiger partial charge < -0.3 is 4.74 Å². The molecule has 0 radical (unpaired) electrons. The van der Waals surface area contributed by atoms with E-state index in [4.69, 9.17) is 9.88 Å². The van der Waals surface area contributed by atoms with Crippen LogP contribution in [0.5, 0.6) is 0 Å². The minimum absolute atomic E-state index is 0.0782. The maximum absolute atomic E-state index is 11.3. The van der Waals surface area contributed by atoms with E-state index in [0.717, 1.165) is 11.3 Å². The molecule has 0 aliphatic heterocycles. The monoisotopic (exact) mass is 313 g/mol. The lowest BCUT2D eigenvalue weighted by molar-refractivity contribution is 0.0526. The van der Waals surface area contributed by atoms with Gasteiger partial charge >= 0.3 is 5.97 Å². The Bertz CT molecular complexity index is 479. The number of primary sulfonamides is 1. The van der Waals surface area contributed by atoms with Crippen LogP contribution in [-0.4, -0.2) is 21.0 Å². The Morgan fingerprint density at radius 2 is 2.27 bits per heavy atom. The first-order valence-corrected chi connectivity index (χ1v) is 7.06. The summed E-state index contributed by atoms with van der Waals surface area (Å²) in [6.45, 7) is 1.89. The van der Waals surface area contributed by atoms with Gasteiger partial charge in [0.2, 0.25) is 10.0 Å². The minimum atomic E-state index is -3.80. The Morgan fingerprint density at radius 3 is 2.67 bits per heavy atom. The number of sulfonamides is 1. The van der Waals surface area contributed by atoms with Gasteiger partial charge in [-0.3, -0.25) is 0 Å². The first-order chi connectivity index (χ1) is 6.88. The summed E-state index contributed by atoms with van der Waals surface area (Å²) in [5.41, 5.74) is 0.172. The summed E-state index contributed by atoms with van der Waals surface area (Å²) in [6.07, 6.45) is 0. The second kappa shape index (κ2) is 4.60. The average molecular weight is 314 g/mol. The zero-order valence-corrected chi connectivity index (χ0v) is 10.9. The first kappa shape index (κ1) is 12.6. The Hall–Kier alpha value is -0.440. The van der Waals surface area contributed by atoms with Crippen LogP contribution in [0.25, 0.3) is 0 Å². The third-order valence-electron chi connectivity index (χ3n) is 1.45. The van der Waals surface area contributed by atoms with E-state index in [1.165, 1.54) is 5.38 Å². The van der Waals surface area contributed by atoms with E-state index in [2.05, 4.69) is 15.9 Å². The molecule has 1 heterocycles. The SMILES string of the molecule is CCOC(=O)c1csc(S(N)(=O)=O)c1Br. The smallest absolute Gasteiger partial charge is 0.340 e. The number of esters is 1. The van der Waals surface area contributed by atoms with Crippen molar-refractivity contribution in [1.82, 2.24) is 0 Å². The highest BCUT2D eigenvalue weighted by Gasteiger charge is 2.22. The average Bonchev–Trinajstić information content (AvgIpc) is 2.46. The lowest BCUT2D eigenvalue weighted by Gasteiger charge is -1.99. The number of hydrogen-bond donors (Lipinski definition) is 1. The van der Waals surface area contributed by atoms with Crippen LogP contribution < -0.4 is 5.14 Å². The standard InChI is InChI=1S/C7H8BrNO4S2/c1-2-13-6(10)4-3-14-7(5(4)8)15(9,11)12/h3H,2H2,1H3,(H2,9,11,12). The molecule has 1 rings (SSSR count). The molecule has 0 bridgehead atoms. The third-order valence-corrected chi connectivity index (χ3v) is 5.28. The Labute approximate surface area is 99.4 Å². The van der Waals surface area contributed by atoms with Crippen LogP contribution in [0.2, 0.25) is 0 Å². The van der Waals surface area contributed by atoms with Gasteiger partial charge in [-0.05, 0) is 22.9 Å². The van der Waals surface area contributed by atoms with Gasteiger partial charge in [0, 0.05) is 5.38 Å². The Kier molecular flexibility index (Phi) is 3.87. The number of nitrogens with two attached hydrogens (primary N) is 1. The predicted molar refractivity (Wildman–Crippen MR) is 59.3 cm³/mol. The number of thiophene rings is 1. The largest absolute Gasteiger partial charge is 0.462 e. The van der Waals surface area contributed by atoms with Crippen LogP contribution in [0.15, 0.2) is 14.1 Å². The summed E-state index contributed by atoms with van der Waals surface area (Å²) in [5.74, 6) is -0.574. The predicted octanol–water partition coefficient (Wildman–Crippen LogP) is 1.33. The molecule has 0 spiro atoms. The van der Waals surface area contributed by atoms with Gasteiger partial charge in [-0.25, -0.2) is 18.4 Å². The quantitative estimate of drug-likeness (QED) is 0.853. The summed E-state index contributed by atoms with van der Waals surface area (Å²) >= 11 is 3.88. The van der Waals surface area contributed by atoms with Gasteiger partial charge in [0.05, 0.1) is 16.6 Å². The van der Waals surface area contributed by atoms with Gasteiger partial charge in [-0.15, -0.1) is 11.3 Å². The Balaban J connectivity index is 3.16. The van der Waals surface area contributed by atoms with E-state index < -0.39 is 16.0 Å². The second-order valence-corrected chi connectivity index (χ2v) is 5.95. The molecule has 5 nitrogen and oxygen atoms in total. The molecule has 1 aromatic heterocycles. The molecule has 0 aromatic carbocycles.